The molecular formula is C11H8N2O4S. The summed E-state index contributed by atoms with van der Waals surface area (Å²) in [5.74, 6) is -1.35. The molecule has 1 amide bonds. The molecule has 1 fully saturated rings. The number of thioether (sulfide) groups is 1. The summed E-state index contributed by atoms with van der Waals surface area (Å²) in [5.41, 5.74) is 0.870. The maximum Gasteiger partial charge on any atom is 0.335 e. The minimum atomic E-state index is -1.00. The highest BCUT2D eigenvalue weighted by atomic mass is 32.2. The van der Waals surface area contributed by atoms with Crippen LogP contribution in [0.25, 0.3) is 6.08 Å². The Morgan fingerprint density at radius 1 is 1.33 bits per heavy atom. The Hall–Kier alpha value is -2.28. The maximum absolute atomic E-state index is 11.4. The Balaban J connectivity index is 2.23. The van der Waals surface area contributed by atoms with Gasteiger partial charge >= 0.3 is 5.97 Å². The van der Waals surface area contributed by atoms with Crippen LogP contribution in [0.4, 0.5) is 0 Å². The quantitative estimate of drug-likeness (QED) is 0.425. The normalized spacial score (nSPS) is 19.2. The molecule has 0 aliphatic carbocycles. The van der Waals surface area contributed by atoms with Gasteiger partial charge < -0.3 is 10.3 Å². The van der Waals surface area contributed by atoms with Gasteiger partial charge in [-0.3, -0.25) is 10.1 Å². The maximum atomic E-state index is 11.4. The highest BCUT2D eigenvalue weighted by molar-refractivity contribution is 8.18. The van der Waals surface area contributed by atoms with E-state index in [0.29, 0.717) is 10.5 Å². The molecule has 0 saturated carbocycles. The van der Waals surface area contributed by atoms with Gasteiger partial charge in [-0.2, -0.15) is 0 Å². The summed E-state index contributed by atoms with van der Waals surface area (Å²) in [6.45, 7) is 0. The molecule has 3 N–H and O–H groups in total. The van der Waals surface area contributed by atoms with E-state index in [4.69, 9.17) is 10.3 Å². The van der Waals surface area contributed by atoms with E-state index in [0.717, 1.165) is 11.8 Å². The molecule has 18 heavy (non-hydrogen) atoms. The molecule has 0 unspecified atom stereocenters. The van der Waals surface area contributed by atoms with Gasteiger partial charge in [0.2, 0.25) is 5.17 Å². The van der Waals surface area contributed by atoms with Crippen molar-refractivity contribution < 1.29 is 19.9 Å². The number of hydrogen-bond donors (Lipinski definition) is 3. The standard InChI is InChI=1S/C11H8N2O4S/c14-9-8(18-11(12-9)13-17)5-6-1-3-7(4-2-6)10(15)16/h1-5,17H,(H,15,16)(H,12,13,14)/b8-5+. The van der Waals surface area contributed by atoms with Crippen LogP contribution in [0, 0.1) is 0 Å². The number of carboxylic acid groups (broad SMARTS) is 1. The number of rotatable bonds is 2. The predicted molar refractivity (Wildman–Crippen MR) is 66.3 cm³/mol. The largest absolute Gasteiger partial charge is 0.478 e. The van der Waals surface area contributed by atoms with Crippen LogP contribution in [0.5, 0.6) is 0 Å². The van der Waals surface area contributed by atoms with Crippen LogP contribution >= 0.6 is 11.8 Å². The molecule has 0 spiro atoms. The molecule has 0 radical (unpaired) electrons. The van der Waals surface area contributed by atoms with E-state index in [9.17, 15) is 9.59 Å². The van der Waals surface area contributed by atoms with Crippen molar-refractivity contribution in [3.63, 3.8) is 0 Å². The van der Waals surface area contributed by atoms with E-state index < -0.39 is 5.97 Å². The van der Waals surface area contributed by atoms with Crippen LogP contribution in [0.1, 0.15) is 15.9 Å². The number of oxime groups is 1. The van der Waals surface area contributed by atoms with Gasteiger partial charge in [0.25, 0.3) is 5.91 Å². The number of nitrogens with one attached hydrogen (secondary N) is 1. The van der Waals surface area contributed by atoms with E-state index in [1.165, 1.54) is 12.1 Å². The Labute approximate surface area is 106 Å². The molecule has 92 valence electrons. The second-order valence-corrected chi connectivity index (χ2v) is 4.43. The number of hydrogen-bond acceptors (Lipinski definition) is 5. The predicted octanol–water partition coefficient (Wildman–Crippen LogP) is 1.33. The molecule has 1 aromatic rings. The average molecular weight is 264 g/mol. The second-order valence-electron chi connectivity index (χ2n) is 3.40. The number of amides is 1. The number of nitrogens with zero attached hydrogens (tertiary/aromatic N) is 1. The van der Waals surface area contributed by atoms with Crippen molar-refractivity contribution in [1.29, 1.82) is 0 Å². The van der Waals surface area contributed by atoms with E-state index in [1.807, 2.05) is 0 Å². The zero-order chi connectivity index (χ0) is 13.1. The van der Waals surface area contributed by atoms with E-state index in [2.05, 4.69) is 10.5 Å². The fraction of sp³-hybridized carbons (Fsp3) is 0. The van der Waals surface area contributed by atoms with Crippen molar-refractivity contribution in [1.82, 2.24) is 5.32 Å². The van der Waals surface area contributed by atoms with Crippen LogP contribution < -0.4 is 5.32 Å². The Kier molecular flexibility index (Phi) is 3.33. The van der Waals surface area contributed by atoms with Gasteiger partial charge in [0.05, 0.1) is 10.5 Å². The van der Waals surface area contributed by atoms with E-state index >= 15 is 0 Å². The van der Waals surface area contributed by atoms with Gasteiger partial charge in [0.1, 0.15) is 0 Å². The molecule has 7 heteroatoms. The molecule has 2 rings (SSSR count). The van der Waals surface area contributed by atoms with Crippen LogP contribution in [-0.2, 0) is 4.79 Å². The molecule has 1 heterocycles. The molecule has 1 aliphatic rings. The summed E-state index contributed by atoms with van der Waals surface area (Å²) in [6.07, 6.45) is 1.59. The van der Waals surface area contributed by atoms with Crippen molar-refractivity contribution >= 4 is 34.9 Å². The number of carbonyl (C=O) groups excluding carboxylic acids is 1. The van der Waals surface area contributed by atoms with E-state index in [1.54, 1.807) is 18.2 Å². The highest BCUT2D eigenvalue weighted by Gasteiger charge is 2.23. The van der Waals surface area contributed by atoms with Gasteiger partial charge in [0, 0.05) is 0 Å². The fourth-order valence-electron chi connectivity index (χ4n) is 1.35. The van der Waals surface area contributed by atoms with Crippen molar-refractivity contribution in [2.75, 3.05) is 0 Å². The molecule has 1 aliphatic heterocycles. The third kappa shape index (κ3) is 2.51. The minimum Gasteiger partial charge on any atom is -0.478 e. The first-order valence-electron chi connectivity index (χ1n) is 4.86. The first-order chi connectivity index (χ1) is 8.60. The van der Waals surface area contributed by atoms with E-state index in [-0.39, 0.29) is 16.6 Å². The Morgan fingerprint density at radius 3 is 2.50 bits per heavy atom. The van der Waals surface area contributed by atoms with Crippen molar-refractivity contribution in [2.45, 2.75) is 0 Å². The SMILES string of the molecule is O=C1N/C(=N/O)S/C1=C/c1ccc(C(=O)O)cc1. The van der Waals surface area contributed by atoms with Gasteiger partial charge in [-0.25, -0.2) is 4.79 Å². The smallest absolute Gasteiger partial charge is 0.335 e. The summed E-state index contributed by atoms with van der Waals surface area (Å²) >= 11 is 1.01. The Bertz CT molecular complexity index is 563. The number of carboxylic acids is 1. The zero-order valence-corrected chi connectivity index (χ0v) is 9.77. The lowest BCUT2D eigenvalue weighted by molar-refractivity contribution is -0.115. The monoisotopic (exact) mass is 264 g/mol. The molecule has 0 bridgehead atoms. The van der Waals surface area contributed by atoms with Crippen LogP contribution in [0.15, 0.2) is 34.3 Å². The third-order valence-corrected chi connectivity index (χ3v) is 3.10. The van der Waals surface area contributed by atoms with Gasteiger partial charge in [-0.05, 0) is 35.5 Å². The highest BCUT2D eigenvalue weighted by Crippen LogP contribution is 2.25. The van der Waals surface area contributed by atoms with Crippen molar-refractivity contribution in [3.05, 3.63) is 40.3 Å². The molecule has 1 saturated heterocycles. The second kappa shape index (κ2) is 4.92. The van der Waals surface area contributed by atoms with Gasteiger partial charge in [-0.15, -0.1) is 0 Å². The molecule has 1 aromatic carbocycles. The summed E-state index contributed by atoms with van der Waals surface area (Å²) < 4.78 is 0. The van der Waals surface area contributed by atoms with Crippen LogP contribution in [0.2, 0.25) is 0 Å². The Morgan fingerprint density at radius 2 is 2.00 bits per heavy atom. The number of aromatic carboxylic acids is 1. The first kappa shape index (κ1) is 12.2. The van der Waals surface area contributed by atoms with Crippen LogP contribution in [-0.4, -0.2) is 27.4 Å². The minimum absolute atomic E-state index is 0.119. The van der Waals surface area contributed by atoms with Gasteiger partial charge in [-0.1, -0.05) is 17.3 Å². The lowest BCUT2D eigenvalue weighted by atomic mass is 10.1. The number of benzene rings is 1. The zero-order valence-electron chi connectivity index (χ0n) is 8.95. The number of amidine groups is 1. The number of carbonyl (C=O) groups is 2. The molecular weight excluding hydrogens is 256 g/mol. The lowest BCUT2D eigenvalue weighted by Gasteiger charge is -1.96. The summed E-state index contributed by atoms with van der Waals surface area (Å²) in [5, 5.41) is 22.6. The topological polar surface area (TPSA) is 99.0 Å². The summed E-state index contributed by atoms with van der Waals surface area (Å²) in [6, 6.07) is 6.09. The first-order valence-corrected chi connectivity index (χ1v) is 5.68. The summed E-state index contributed by atoms with van der Waals surface area (Å²) in [7, 11) is 0. The van der Waals surface area contributed by atoms with Crippen molar-refractivity contribution in [2.24, 2.45) is 5.16 Å². The van der Waals surface area contributed by atoms with Crippen molar-refractivity contribution in [3.8, 4) is 0 Å². The fourth-order valence-corrected chi connectivity index (χ4v) is 2.08. The molecule has 6 nitrogen and oxygen atoms in total. The molecule has 0 atom stereocenters. The molecule has 0 aromatic heterocycles. The third-order valence-electron chi connectivity index (χ3n) is 2.20. The van der Waals surface area contributed by atoms with Gasteiger partial charge in [0.15, 0.2) is 0 Å². The summed E-state index contributed by atoms with van der Waals surface area (Å²) in [4.78, 5) is 22.5. The average Bonchev–Trinajstić information content (AvgIpc) is 2.71. The lowest BCUT2D eigenvalue weighted by Crippen LogP contribution is -2.19. The van der Waals surface area contributed by atoms with Crippen LogP contribution in [0.3, 0.4) is 0 Å².